The van der Waals surface area contributed by atoms with Crippen LogP contribution in [0.2, 0.25) is 0 Å². The molecule has 1 heterocycles. The fourth-order valence-corrected chi connectivity index (χ4v) is 2.96. The molecule has 1 atom stereocenters. The lowest BCUT2D eigenvalue weighted by Gasteiger charge is -2.17. The Morgan fingerprint density at radius 3 is 2.63 bits per heavy atom. The minimum atomic E-state index is -0.443. The number of carbonyl (C=O) groups is 2. The van der Waals surface area contributed by atoms with Crippen molar-refractivity contribution in [1.29, 1.82) is 0 Å². The highest BCUT2D eigenvalue weighted by Crippen LogP contribution is 2.29. The van der Waals surface area contributed by atoms with Gasteiger partial charge in [0.1, 0.15) is 5.82 Å². The van der Waals surface area contributed by atoms with E-state index in [1.165, 1.54) is 31.3 Å². The molecule has 2 N–H and O–H groups in total. The van der Waals surface area contributed by atoms with Crippen LogP contribution >= 0.6 is 0 Å². The van der Waals surface area contributed by atoms with E-state index in [9.17, 15) is 14.0 Å². The minimum absolute atomic E-state index is 0.149. The van der Waals surface area contributed by atoms with Crippen LogP contribution in [0.1, 0.15) is 6.42 Å². The molecule has 0 spiro atoms. The zero-order chi connectivity index (χ0) is 19.4. The number of urea groups is 1. The predicted molar refractivity (Wildman–Crippen MR) is 98.9 cm³/mol. The summed E-state index contributed by atoms with van der Waals surface area (Å²) in [4.78, 5) is 25.9. The normalized spacial score (nSPS) is 16.2. The quantitative estimate of drug-likeness (QED) is 0.845. The fraction of sp³-hybridized carbons (Fsp3) is 0.263. The molecule has 142 valence electrons. The molecule has 3 rings (SSSR count). The average Bonchev–Trinajstić information content (AvgIpc) is 3.01. The van der Waals surface area contributed by atoms with Crippen LogP contribution in [0.5, 0.6) is 11.5 Å². The highest BCUT2D eigenvalue weighted by atomic mass is 19.1. The number of rotatable bonds is 5. The van der Waals surface area contributed by atoms with Crippen molar-refractivity contribution in [3.63, 3.8) is 0 Å². The summed E-state index contributed by atoms with van der Waals surface area (Å²) in [6, 6.07) is 9.99. The number of nitrogens with zero attached hydrogens (tertiary/aromatic N) is 1. The van der Waals surface area contributed by atoms with Gasteiger partial charge in [-0.1, -0.05) is 6.07 Å². The molecule has 1 fully saturated rings. The molecule has 8 heteroatoms. The van der Waals surface area contributed by atoms with Crippen LogP contribution in [0, 0.1) is 5.82 Å². The molecule has 3 amide bonds. The molecule has 1 aliphatic rings. The lowest BCUT2D eigenvalue weighted by molar-refractivity contribution is -0.117. The predicted octanol–water partition coefficient (Wildman–Crippen LogP) is 2.77. The first-order chi connectivity index (χ1) is 13.0. The van der Waals surface area contributed by atoms with Crippen molar-refractivity contribution in [3.8, 4) is 11.5 Å². The molecule has 0 radical (unpaired) electrons. The van der Waals surface area contributed by atoms with E-state index in [0.717, 1.165) is 0 Å². The zero-order valence-corrected chi connectivity index (χ0v) is 15.0. The van der Waals surface area contributed by atoms with Crippen molar-refractivity contribution in [2.75, 3.05) is 31.0 Å². The van der Waals surface area contributed by atoms with Crippen molar-refractivity contribution in [1.82, 2.24) is 5.32 Å². The van der Waals surface area contributed by atoms with Gasteiger partial charge in [-0.25, -0.2) is 9.18 Å². The van der Waals surface area contributed by atoms with Gasteiger partial charge in [0.05, 0.1) is 20.3 Å². The number of hydrogen-bond donors (Lipinski definition) is 2. The second kappa shape index (κ2) is 7.94. The van der Waals surface area contributed by atoms with Gasteiger partial charge in [-0.05, 0) is 30.3 Å². The summed E-state index contributed by atoms with van der Waals surface area (Å²) in [5, 5.41) is 5.46. The number of anilines is 2. The molecular weight excluding hydrogens is 353 g/mol. The Morgan fingerprint density at radius 2 is 1.93 bits per heavy atom. The zero-order valence-electron chi connectivity index (χ0n) is 15.0. The molecule has 0 bridgehead atoms. The number of benzene rings is 2. The van der Waals surface area contributed by atoms with Gasteiger partial charge in [0.15, 0.2) is 11.5 Å². The van der Waals surface area contributed by atoms with Crippen LogP contribution in [0.25, 0.3) is 0 Å². The Bertz CT molecular complexity index is 859. The van der Waals surface area contributed by atoms with Gasteiger partial charge in [0.25, 0.3) is 0 Å². The van der Waals surface area contributed by atoms with Crippen molar-refractivity contribution >= 4 is 23.3 Å². The third kappa shape index (κ3) is 4.28. The second-order valence-corrected chi connectivity index (χ2v) is 6.05. The molecule has 0 aliphatic carbocycles. The van der Waals surface area contributed by atoms with Gasteiger partial charge < -0.3 is 25.0 Å². The van der Waals surface area contributed by atoms with Gasteiger partial charge in [0.2, 0.25) is 5.91 Å². The maximum atomic E-state index is 13.4. The van der Waals surface area contributed by atoms with Crippen LogP contribution in [-0.2, 0) is 4.79 Å². The molecular formula is C19H20FN3O4. The molecule has 1 unspecified atom stereocenters. The molecule has 1 aliphatic heterocycles. The summed E-state index contributed by atoms with van der Waals surface area (Å²) < 4.78 is 23.7. The first-order valence-electron chi connectivity index (χ1n) is 8.35. The number of halogens is 1. The van der Waals surface area contributed by atoms with E-state index >= 15 is 0 Å². The number of hydrogen-bond acceptors (Lipinski definition) is 4. The average molecular weight is 373 g/mol. The number of carbonyl (C=O) groups excluding carboxylic acids is 2. The summed E-state index contributed by atoms with van der Waals surface area (Å²) in [5.41, 5.74) is 1.00. The van der Waals surface area contributed by atoms with E-state index in [0.29, 0.717) is 22.9 Å². The van der Waals surface area contributed by atoms with E-state index in [-0.39, 0.29) is 24.9 Å². The Hall–Kier alpha value is -3.29. The molecule has 0 saturated carbocycles. The number of methoxy groups -OCH3 is 2. The topological polar surface area (TPSA) is 79.9 Å². The Balaban J connectivity index is 1.61. The molecule has 2 aromatic carbocycles. The van der Waals surface area contributed by atoms with Crippen molar-refractivity contribution in [2.45, 2.75) is 12.5 Å². The summed E-state index contributed by atoms with van der Waals surface area (Å²) in [6.07, 6.45) is 0.149. The van der Waals surface area contributed by atoms with Crippen LogP contribution in [0.15, 0.2) is 42.5 Å². The Kier molecular flexibility index (Phi) is 5.44. The van der Waals surface area contributed by atoms with Crippen molar-refractivity contribution in [2.24, 2.45) is 0 Å². The van der Waals surface area contributed by atoms with Gasteiger partial charge >= 0.3 is 6.03 Å². The van der Waals surface area contributed by atoms with Crippen molar-refractivity contribution < 1.29 is 23.5 Å². The van der Waals surface area contributed by atoms with Gasteiger partial charge in [0, 0.05) is 30.4 Å². The first-order valence-corrected chi connectivity index (χ1v) is 8.35. The number of nitrogens with one attached hydrogen (secondary N) is 2. The van der Waals surface area contributed by atoms with Crippen LogP contribution in [0.4, 0.5) is 20.6 Å². The Morgan fingerprint density at radius 1 is 1.15 bits per heavy atom. The van der Waals surface area contributed by atoms with Crippen LogP contribution < -0.4 is 25.0 Å². The van der Waals surface area contributed by atoms with E-state index in [1.54, 1.807) is 30.3 Å². The van der Waals surface area contributed by atoms with Gasteiger partial charge in [-0.3, -0.25) is 4.79 Å². The van der Waals surface area contributed by atoms with Gasteiger partial charge in [-0.2, -0.15) is 0 Å². The summed E-state index contributed by atoms with van der Waals surface area (Å²) in [5.74, 6) is 0.458. The number of amides is 3. The SMILES string of the molecule is COc1ccc(NC(=O)NC2CC(=O)N(c3cccc(F)c3)C2)cc1OC. The minimum Gasteiger partial charge on any atom is -0.493 e. The number of ether oxygens (including phenoxy) is 2. The highest BCUT2D eigenvalue weighted by molar-refractivity contribution is 5.97. The highest BCUT2D eigenvalue weighted by Gasteiger charge is 2.31. The van der Waals surface area contributed by atoms with E-state index in [4.69, 9.17) is 9.47 Å². The third-order valence-corrected chi connectivity index (χ3v) is 4.22. The summed E-state index contributed by atoms with van der Waals surface area (Å²) in [6.45, 7) is 0.279. The van der Waals surface area contributed by atoms with Crippen LogP contribution in [-0.4, -0.2) is 38.7 Å². The fourth-order valence-electron chi connectivity index (χ4n) is 2.96. The third-order valence-electron chi connectivity index (χ3n) is 4.22. The monoisotopic (exact) mass is 373 g/mol. The van der Waals surface area contributed by atoms with E-state index < -0.39 is 11.8 Å². The summed E-state index contributed by atoms with van der Waals surface area (Å²) >= 11 is 0. The van der Waals surface area contributed by atoms with E-state index in [1.807, 2.05) is 0 Å². The largest absolute Gasteiger partial charge is 0.493 e. The molecule has 27 heavy (non-hydrogen) atoms. The lowest BCUT2D eigenvalue weighted by Crippen LogP contribution is -2.39. The summed E-state index contributed by atoms with van der Waals surface area (Å²) in [7, 11) is 3.03. The smallest absolute Gasteiger partial charge is 0.319 e. The molecule has 1 saturated heterocycles. The Labute approximate surface area is 156 Å². The second-order valence-electron chi connectivity index (χ2n) is 6.05. The first kappa shape index (κ1) is 18.5. The van der Waals surface area contributed by atoms with Crippen LogP contribution in [0.3, 0.4) is 0 Å². The lowest BCUT2D eigenvalue weighted by atomic mass is 10.2. The standard InChI is InChI=1S/C19H20FN3O4/c1-26-16-7-6-13(9-17(16)27-2)21-19(25)22-14-10-18(24)23(11-14)15-5-3-4-12(20)8-15/h3-9,14H,10-11H2,1-2H3,(H2,21,22,25). The maximum absolute atomic E-state index is 13.4. The van der Waals surface area contributed by atoms with Gasteiger partial charge in [-0.15, -0.1) is 0 Å². The maximum Gasteiger partial charge on any atom is 0.319 e. The molecule has 2 aromatic rings. The van der Waals surface area contributed by atoms with Crippen molar-refractivity contribution in [3.05, 3.63) is 48.3 Å². The molecule has 0 aromatic heterocycles. The molecule has 7 nitrogen and oxygen atoms in total. The van der Waals surface area contributed by atoms with E-state index in [2.05, 4.69) is 10.6 Å².